The fourth-order valence-electron chi connectivity index (χ4n) is 1.96. The number of rotatable bonds is 3. The largest absolute Gasteiger partial charge is 0.474 e. The summed E-state index contributed by atoms with van der Waals surface area (Å²) in [6, 6.07) is 0. The Labute approximate surface area is 86.2 Å². The monoisotopic (exact) mass is 212 g/mol. The topological polar surface area (TPSA) is 85.5 Å². The molecule has 6 heteroatoms. The minimum atomic E-state index is -1.21. The van der Waals surface area contributed by atoms with E-state index in [0.717, 1.165) is 25.7 Å². The van der Waals surface area contributed by atoms with Crippen LogP contribution in [0.3, 0.4) is 0 Å². The number of hydrogen-bond donors (Lipinski definition) is 1. The van der Waals surface area contributed by atoms with E-state index in [2.05, 4.69) is 14.7 Å². The first-order valence-corrected chi connectivity index (χ1v) is 4.80. The highest BCUT2D eigenvalue weighted by Gasteiger charge is 2.40. The standard InChI is InChI=1S/C9H12N2O4/c1-14-9(4-2-3-5-9)8-10-6(7(12)13)15-11-8/h2-5H2,1H3,(H,12,13). The molecule has 1 aromatic heterocycles. The molecule has 82 valence electrons. The van der Waals surface area contributed by atoms with Gasteiger partial charge in [0.05, 0.1) is 0 Å². The predicted octanol–water partition coefficient (Wildman–Crippen LogP) is 1.18. The normalized spacial score (nSPS) is 19.3. The van der Waals surface area contributed by atoms with Crippen molar-refractivity contribution in [2.24, 2.45) is 0 Å². The summed E-state index contributed by atoms with van der Waals surface area (Å²) in [5, 5.41) is 12.3. The van der Waals surface area contributed by atoms with Gasteiger partial charge >= 0.3 is 11.9 Å². The van der Waals surface area contributed by atoms with Gasteiger partial charge in [0.2, 0.25) is 5.82 Å². The minimum Gasteiger partial charge on any atom is -0.474 e. The fraction of sp³-hybridized carbons (Fsp3) is 0.667. The van der Waals surface area contributed by atoms with Crippen molar-refractivity contribution in [3.8, 4) is 0 Å². The third kappa shape index (κ3) is 1.61. The van der Waals surface area contributed by atoms with Crippen LogP contribution in [-0.4, -0.2) is 28.3 Å². The number of carbonyl (C=O) groups is 1. The summed E-state index contributed by atoms with van der Waals surface area (Å²) < 4.78 is 10.0. The third-order valence-corrected chi connectivity index (χ3v) is 2.82. The van der Waals surface area contributed by atoms with Gasteiger partial charge < -0.3 is 14.4 Å². The Hall–Kier alpha value is -1.43. The SMILES string of the molecule is COC1(c2noc(C(=O)O)n2)CCCC1. The van der Waals surface area contributed by atoms with Gasteiger partial charge in [0.1, 0.15) is 5.60 Å². The Morgan fingerprint density at radius 3 is 2.67 bits per heavy atom. The van der Waals surface area contributed by atoms with Crippen molar-refractivity contribution in [1.29, 1.82) is 0 Å². The molecular weight excluding hydrogens is 200 g/mol. The number of carboxylic acid groups (broad SMARTS) is 1. The van der Waals surface area contributed by atoms with Crippen molar-refractivity contribution in [2.45, 2.75) is 31.3 Å². The van der Waals surface area contributed by atoms with Crippen LogP contribution in [-0.2, 0) is 10.3 Å². The van der Waals surface area contributed by atoms with E-state index in [9.17, 15) is 4.79 Å². The quantitative estimate of drug-likeness (QED) is 0.809. The van der Waals surface area contributed by atoms with Crippen molar-refractivity contribution in [1.82, 2.24) is 10.1 Å². The molecule has 1 aliphatic carbocycles. The van der Waals surface area contributed by atoms with E-state index < -0.39 is 11.6 Å². The highest BCUT2D eigenvalue weighted by atomic mass is 16.5. The van der Waals surface area contributed by atoms with Gasteiger partial charge in [0.25, 0.3) is 0 Å². The molecule has 0 unspecified atom stereocenters. The van der Waals surface area contributed by atoms with Gasteiger partial charge in [-0.05, 0) is 25.7 Å². The molecule has 2 rings (SSSR count). The summed E-state index contributed by atoms with van der Waals surface area (Å²) in [6.07, 6.45) is 3.68. The Morgan fingerprint density at radius 2 is 2.20 bits per heavy atom. The number of carboxylic acids is 1. The first kappa shape index (κ1) is 10.1. The smallest absolute Gasteiger partial charge is 0.394 e. The van der Waals surface area contributed by atoms with Gasteiger partial charge in [-0.3, -0.25) is 0 Å². The summed E-state index contributed by atoms with van der Waals surface area (Å²) in [4.78, 5) is 14.4. The zero-order chi connectivity index (χ0) is 10.9. The summed E-state index contributed by atoms with van der Waals surface area (Å²) in [5.41, 5.74) is -0.544. The summed E-state index contributed by atoms with van der Waals surface area (Å²) in [6.45, 7) is 0. The predicted molar refractivity (Wildman–Crippen MR) is 48.4 cm³/mol. The lowest BCUT2D eigenvalue weighted by Crippen LogP contribution is -2.26. The van der Waals surface area contributed by atoms with Crippen molar-refractivity contribution in [3.63, 3.8) is 0 Å². The average Bonchev–Trinajstić information content (AvgIpc) is 2.87. The second-order valence-electron chi connectivity index (χ2n) is 3.63. The number of hydrogen-bond acceptors (Lipinski definition) is 5. The lowest BCUT2D eigenvalue weighted by Gasteiger charge is -2.22. The number of methoxy groups -OCH3 is 1. The average molecular weight is 212 g/mol. The number of nitrogens with zero attached hydrogens (tertiary/aromatic N) is 2. The summed E-state index contributed by atoms with van der Waals surface area (Å²) in [7, 11) is 1.59. The Bertz CT molecular complexity index is 368. The molecule has 1 aliphatic rings. The van der Waals surface area contributed by atoms with Gasteiger partial charge in [0.15, 0.2) is 0 Å². The molecule has 0 bridgehead atoms. The zero-order valence-electron chi connectivity index (χ0n) is 8.39. The molecule has 0 spiro atoms. The molecule has 1 saturated carbocycles. The highest BCUT2D eigenvalue weighted by Crippen LogP contribution is 2.39. The van der Waals surface area contributed by atoms with Crippen molar-refractivity contribution in [2.75, 3.05) is 7.11 Å². The summed E-state index contributed by atoms with van der Waals surface area (Å²) in [5.74, 6) is -1.24. The molecule has 0 atom stereocenters. The van der Waals surface area contributed by atoms with E-state index in [1.54, 1.807) is 7.11 Å². The first-order chi connectivity index (χ1) is 7.18. The molecular formula is C9H12N2O4. The maximum absolute atomic E-state index is 10.6. The Balaban J connectivity index is 2.30. The molecule has 0 aliphatic heterocycles. The van der Waals surface area contributed by atoms with E-state index in [1.165, 1.54) is 0 Å². The number of aromatic nitrogens is 2. The molecule has 0 radical (unpaired) electrons. The summed E-state index contributed by atoms with van der Waals surface area (Å²) >= 11 is 0. The second-order valence-corrected chi connectivity index (χ2v) is 3.63. The molecule has 15 heavy (non-hydrogen) atoms. The van der Waals surface area contributed by atoms with Gasteiger partial charge in [-0.25, -0.2) is 4.79 Å². The molecule has 0 amide bonds. The van der Waals surface area contributed by atoms with Crippen molar-refractivity contribution in [3.05, 3.63) is 11.7 Å². The third-order valence-electron chi connectivity index (χ3n) is 2.82. The van der Waals surface area contributed by atoms with Crippen LogP contribution in [0.25, 0.3) is 0 Å². The van der Waals surface area contributed by atoms with E-state index in [4.69, 9.17) is 9.84 Å². The Morgan fingerprint density at radius 1 is 1.53 bits per heavy atom. The lowest BCUT2D eigenvalue weighted by molar-refractivity contribution is -0.0178. The number of aromatic carboxylic acids is 1. The Kier molecular flexibility index (Phi) is 2.44. The molecule has 6 nitrogen and oxygen atoms in total. The molecule has 0 saturated heterocycles. The van der Waals surface area contributed by atoms with Gasteiger partial charge in [-0.1, -0.05) is 5.16 Å². The maximum atomic E-state index is 10.6. The minimum absolute atomic E-state index is 0.347. The van der Waals surface area contributed by atoms with Crippen LogP contribution in [0.4, 0.5) is 0 Å². The van der Waals surface area contributed by atoms with Crippen LogP contribution < -0.4 is 0 Å². The maximum Gasteiger partial charge on any atom is 0.394 e. The van der Waals surface area contributed by atoms with Gasteiger partial charge in [0, 0.05) is 7.11 Å². The molecule has 0 aromatic carbocycles. The van der Waals surface area contributed by atoms with Crippen LogP contribution in [0.15, 0.2) is 4.52 Å². The van der Waals surface area contributed by atoms with E-state index in [0.29, 0.717) is 5.82 Å². The van der Waals surface area contributed by atoms with E-state index >= 15 is 0 Å². The van der Waals surface area contributed by atoms with Crippen LogP contribution in [0.1, 0.15) is 42.2 Å². The highest BCUT2D eigenvalue weighted by molar-refractivity contribution is 5.81. The van der Waals surface area contributed by atoms with Gasteiger partial charge in [-0.2, -0.15) is 4.98 Å². The molecule has 1 heterocycles. The van der Waals surface area contributed by atoms with Crippen LogP contribution in [0, 0.1) is 0 Å². The molecule has 1 fully saturated rings. The second kappa shape index (κ2) is 3.62. The lowest BCUT2D eigenvalue weighted by atomic mass is 10.0. The van der Waals surface area contributed by atoms with Crippen LogP contribution in [0.5, 0.6) is 0 Å². The van der Waals surface area contributed by atoms with Crippen molar-refractivity contribution >= 4 is 5.97 Å². The fourth-order valence-corrected chi connectivity index (χ4v) is 1.96. The first-order valence-electron chi connectivity index (χ1n) is 4.80. The van der Waals surface area contributed by atoms with E-state index in [-0.39, 0.29) is 5.89 Å². The van der Waals surface area contributed by atoms with Crippen LogP contribution >= 0.6 is 0 Å². The number of ether oxygens (including phenoxy) is 1. The molecule has 1 N–H and O–H groups in total. The zero-order valence-corrected chi connectivity index (χ0v) is 8.39. The van der Waals surface area contributed by atoms with Crippen molar-refractivity contribution < 1.29 is 19.2 Å². The van der Waals surface area contributed by atoms with Crippen LogP contribution in [0.2, 0.25) is 0 Å². The molecule has 1 aromatic rings. The van der Waals surface area contributed by atoms with E-state index in [1.807, 2.05) is 0 Å². The van der Waals surface area contributed by atoms with Gasteiger partial charge in [-0.15, -0.1) is 0 Å².